The van der Waals surface area contributed by atoms with Crippen LogP contribution in [0.2, 0.25) is 0 Å². The Hall–Kier alpha value is -3.56. The largest absolute Gasteiger partial charge is 0.294 e. The Kier molecular flexibility index (Phi) is 8.94. The first-order valence-electron chi connectivity index (χ1n) is 13.9. The van der Waals surface area contributed by atoms with E-state index in [1.165, 1.54) is 23.2 Å². The van der Waals surface area contributed by atoms with Crippen LogP contribution in [0.3, 0.4) is 0 Å². The molecule has 0 aliphatic carbocycles. The van der Waals surface area contributed by atoms with Crippen molar-refractivity contribution in [1.82, 2.24) is 14.3 Å². The van der Waals surface area contributed by atoms with Crippen LogP contribution < -0.4 is 14.8 Å². The molecule has 0 N–H and O–H groups in total. The highest BCUT2D eigenvalue weighted by atomic mass is 32.2. The lowest BCUT2D eigenvalue weighted by atomic mass is 9.91. The summed E-state index contributed by atoms with van der Waals surface area (Å²) in [5, 5.41) is 4.56. The zero-order valence-corrected chi connectivity index (χ0v) is 27.2. The number of thiazole rings is 1. The molecule has 0 amide bonds. The normalized spacial score (nSPS) is 13.2. The van der Waals surface area contributed by atoms with E-state index in [2.05, 4.69) is 43.2 Å². The molecule has 9 heteroatoms. The van der Waals surface area contributed by atoms with Gasteiger partial charge in [0, 0.05) is 29.0 Å². The van der Waals surface area contributed by atoms with Gasteiger partial charge < -0.3 is 0 Å². The smallest absolute Gasteiger partial charge is 0.269 e. The zero-order valence-electron chi connectivity index (χ0n) is 25.6. The van der Waals surface area contributed by atoms with Crippen molar-refractivity contribution in [2.24, 2.45) is 5.41 Å². The van der Waals surface area contributed by atoms with Gasteiger partial charge in [-0.15, -0.1) is 11.3 Å². The molecule has 0 saturated heterocycles. The minimum absolute atomic E-state index is 0.0229. The summed E-state index contributed by atoms with van der Waals surface area (Å²) >= 11 is 1.30. The minimum atomic E-state index is -3.16. The predicted octanol–water partition coefficient (Wildman–Crippen LogP) is 4.32. The van der Waals surface area contributed by atoms with E-state index in [4.69, 9.17) is 0 Å². The number of rotatable bonds is 8. The summed E-state index contributed by atoms with van der Waals surface area (Å²) in [6, 6.07) is 14.4. The molecule has 2 aromatic heterocycles. The minimum Gasteiger partial charge on any atom is -0.294 e. The lowest BCUT2D eigenvalue weighted by Crippen LogP contribution is -2.33. The summed E-state index contributed by atoms with van der Waals surface area (Å²) in [5.74, 6) is -0.0951. The summed E-state index contributed by atoms with van der Waals surface area (Å²) in [6.45, 7) is 13.9. The van der Waals surface area contributed by atoms with E-state index in [9.17, 15) is 18.0 Å². The van der Waals surface area contributed by atoms with Crippen LogP contribution in [0.25, 0.3) is 23.3 Å². The van der Waals surface area contributed by atoms with Crippen LogP contribution in [-0.4, -0.2) is 40.6 Å². The highest BCUT2D eigenvalue weighted by molar-refractivity contribution is 7.90. The van der Waals surface area contributed by atoms with E-state index in [0.717, 1.165) is 39.2 Å². The molecule has 42 heavy (non-hydrogen) atoms. The van der Waals surface area contributed by atoms with Gasteiger partial charge in [0.05, 0.1) is 29.1 Å². The van der Waals surface area contributed by atoms with E-state index >= 15 is 0 Å². The average Bonchev–Trinajstić information content (AvgIpc) is 3.32. The van der Waals surface area contributed by atoms with E-state index in [0.29, 0.717) is 9.20 Å². The Morgan fingerprint density at radius 3 is 2.36 bits per heavy atom. The number of hydrogen-bond donors (Lipinski definition) is 0. The van der Waals surface area contributed by atoms with Gasteiger partial charge in [-0.05, 0) is 56.0 Å². The number of Topliss-reactive ketones (excluding diaryl/α,β-unsaturated/α-hetero) is 1. The lowest BCUT2D eigenvalue weighted by Gasteiger charge is -2.13. The van der Waals surface area contributed by atoms with Crippen molar-refractivity contribution in [3.63, 3.8) is 0 Å². The number of ketones is 1. The number of sulfone groups is 1. The van der Waals surface area contributed by atoms with Crippen molar-refractivity contribution in [2.45, 2.75) is 61.6 Å². The molecule has 0 radical (unpaired) electrons. The molecule has 0 spiro atoms. The van der Waals surface area contributed by atoms with Crippen molar-refractivity contribution in [1.29, 1.82) is 0 Å². The summed E-state index contributed by atoms with van der Waals surface area (Å²) in [4.78, 5) is 27.1. The second-order valence-electron chi connectivity index (χ2n) is 12.0. The summed E-state index contributed by atoms with van der Waals surface area (Å²) in [7, 11) is -3.16. The van der Waals surface area contributed by atoms with E-state index in [1.54, 1.807) is 15.3 Å². The number of aryl methyl sites for hydroxylation is 4. The maximum atomic E-state index is 14.0. The number of hydrogen-bond acceptors (Lipinski definition) is 6. The van der Waals surface area contributed by atoms with Gasteiger partial charge in [0.2, 0.25) is 0 Å². The molecular formula is C33H39N3O4S2. The third kappa shape index (κ3) is 7.07. The topological polar surface area (TPSA) is 91.0 Å². The van der Waals surface area contributed by atoms with Gasteiger partial charge in [0.15, 0.2) is 5.78 Å². The third-order valence-corrected chi connectivity index (χ3v) is 9.36. The van der Waals surface area contributed by atoms with Crippen molar-refractivity contribution in [3.05, 3.63) is 95.7 Å². The molecule has 0 aliphatic heterocycles. The highest BCUT2D eigenvalue weighted by Gasteiger charge is 2.21. The van der Waals surface area contributed by atoms with E-state index in [-0.39, 0.29) is 30.2 Å². The Morgan fingerprint density at radius 1 is 1.02 bits per heavy atom. The fraction of sp³-hybridized carbons (Fsp3) is 0.364. The first kappa shape index (κ1) is 31.4. The molecule has 4 aromatic rings. The average molecular weight is 606 g/mol. The molecule has 222 valence electrons. The van der Waals surface area contributed by atoms with Gasteiger partial charge >= 0.3 is 0 Å². The Labute approximate surface area is 251 Å². The first-order chi connectivity index (χ1) is 19.5. The fourth-order valence-corrected chi connectivity index (χ4v) is 6.37. The van der Waals surface area contributed by atoms with Gasteiger partial charge in [0.25, 0.3) is 5.56 Å². The van der Waals surface area contributed by atoms with Crippen LogP contribution >= 0.6 is 11.3 Å². The van der Waals surface area contributed by atoms with Gasteiger partial charge in [-0.1, -0.05) is 68.8 Å². The molecule has 7 nitrogen and oxygen atoms in total. The van der Waals surface area contributed by atoms with Gasteiger partial charge in [-0.2, -0.15) is 5.10 Å². The molecule has 0 atom stereocenters. The number of aromatic nitrogens is 3. The molecule has 0 fully saturated rings. The third-order valence-electron chi connectivity index (χ3n) is 7.37. The molecular weight excluding hydrogens is 567 g/mol. The first-order valence-corrected chi connectivity index (χ1v) is 16.8. The van der Waals surface area contributed by atoms with Gasteiger partial charge in [-0.3, -0.25) is 18.8 Å². The molecule has 2 aromatic carbocycles. The summed E-state index contributed by atoms with van der Waals surface area (Å²) in [6.07, 6.45) is 4.68. The lowest BCUT2D eigenvalue weighted by molar-refractivity contribution is -0.120. The maximum absolute atomic E-state index is 14.0. The molecule has 4 rings (SSSR count). The second-order valence-corrected chi connectivity index (χ2v) is 15.3. The van der Waals surface area contributed by atoms with Crippen molar-refractivity contribution < 1.29 is 13.2 Å². The van der Waals surface area contributed by atoms with Crippen molar-refractivity contribution >= 4 is 39.1 Å². The number of nitrogens with zero attached hydrogens (tertiary/aromatic N) is 3. The zero-order chi connectivity index (χ0) is 31.0. The van der Waals surface area contributed by atoms with E-state index < -0.39 is 15.3 Å². The number of benzene rings is 2. The SMILES string of the molecule is Cc1ccc(-c2ccccc2/C=c2\s/c(=C\C(=O)C(C)(C)C)n(Cc3c(C)nn(CCS(C)(=O)=O)c3C)c2=O)c(C)c1. The quantitative estimate of drug-likeness (QED) is 0.298. The van der Waals surface area contributed by atoms with Gasteiger partial charge in [-0.25, -0.2) is 8.42 Å². The molecule has 0 bridgehead atoms. The Bertz CT molecular complexity index is 1950. The van der Waals surface area contributed by atoms with Crippen LogP contribution in [0.1, 0.15) is 54.4 Å². The molecule has 0 aliphatic rings. The summed E-state index contributed by atoms with van der Waals surface area (Å²) in [5.41, 5.74) is 6.96. The van der Waals surface area contributed by atoms with Gasteiger partial charge in [0.1, 0.15) is 14.5 Å². The number of carbonyl (C=O) groups is 1. The van der Waals surface area contributed by atoms with Crippen LogP contribution in [-0.2, 0) is 27.7 Å². The molecule has 0 saturated carbocycles. The van der Waals surface area contributed by atoms with Crippen molar-refractivity contribution in [3.8, 4) is 11.1 Å². The van der Waals surface area contributed by atoms with Crippen LogP contribution in [0.4, 0.5) is 0 Å². The maximum Gasteiger partial charge on any atom is 0.269 e. The monoisotopic (exact) mass is 605 g/mol. The van der Waals surface area contributed by atoms with E-state index in [1.807, 2.05) is 58.9 Å². The molecule has 0 unspecified atom stereocenters. The Balaban J connectivity index is 1.89. The number of carbonyl (C=O) groups excluding carboxylic acids is 1. The standard InChI is InChI=1S/C33H39N3O4S2/c1-21-13-14-26(22(2)17-21)27-12-10-9-11-25(27)18-29-32(38)35(31(41-29)19-30(37)33(5,6)7)20-28-23(3)34-36(24(28)4)15-16-42(8,39)40/h9-14,17-19H,15-16,20H2,1-8H3/b29-18-,31-19-. The fourth-order valence-electron chi connectivity index (χ4n) is 4.84. The van der Waals surface area contributed by atoms with Crippen LogP contribution in [0.5, 0.6) is 0 Å². The van der Waals surface area contributed by atoms with Crippen molar-refractivity contribution in [2.75, 3.05) is 12.0 Å². The second kappa shape index (κ2) is 12.0. The summed E-state index contributed by atoms with van der Waals surface area (Å²) < 4.78 is 27.9. The predicted molar refractivity (Wildman–Crippen MR) is 172 cm³/mol. The highest BCUT2D eigenvalue weighted by Crippen LogP contribution is 2.28. The Morgan fingerprint density at radius 2 is 1.71 bits per heavy atom. The van der Waals surface area contributed by atoms with Crippen LogP contribution in [0, 0.1) is 33.1 Å². The molecule has 2 heterocycles. The van der Waals surface area contributed by atoms with Crippen LogP contribution in [0.15, 0.2) is 47.3 Å².